The highest BCUT2D eigenvalue weighted by Gasteiger charge is 2.47. The molecule has 0 radical (unpaired) electrons. The first-order chi connectivity index (χ1) is 7.16. The van der Waals surface area contributed by atoms with Crippen LogP contribution in [0.3, 0.4) is 0 Å². The van der Waals surface area contributed by atoms with Crippen molar-refractivity contribution in [2.75, 3.05) is 13.2 Å². The lowest BCUT2D eigenvalue weighted by atomic mass is 9.67. The van der Waals surface area contributed by atoms with E-state index in [1.54, 1.807) is 0 Å². The summed E-state index contributed by atoms with van der Waals surface area (Å²) < 4.78 is 5.41. The van der Waals surface area contributed by atoms with Crippen LogP contribution in [0.5, 0.6) is 0 Å². The van der Waals surface area contributed by atoms with Gasteiger partial charge in [-0.2, -0.15) is 0 Å². The van der Waals surface area contributed by atoms with Crippen LogP contribution in [0.15, 0.2) is 0 Å². The van der Waals surface area contributed by atoms with E-state index in [1.165, 1.54) is 19.3 Å². The van der Waals surface area contributed by atoms with Gasteiger partial charge in [-0.3, -0.25) is 0 Å². The van der Waals surface area contributed by atoms with Crippen molar-refractivity contribution in [1.82, 2.24) is 0 Å². The third-order valence-corrected chi connectivity index (χ3v) is 4.21. The number of nitrogens with two attached hydrogens (primary N) is 1. The standard InChI is InChI=1S/C12H23NO2/c13-11(5-2-1-3-6-11)12(14)7-4-9-15-10-8-12/h14H,1-10,13H2. The van der Waals surface area contributed by atoms with Crippen LogP contribution in [0.4, 0.5) is 0 Å². The van der Waals surface area contributed by atoms with E-state index in [-0.39, 0.29) is 5.54 Å². The van der Waals surface area contributed by atoms with E-state index in [0.29, 0.717) is 13.0 Å². The Morgan fingerprint density at radius 1 is 0.867 bits per heavy atom. The molecule has 3 heteroatoms. The van der Waals surface area contributed by atoms with Crippen molar-refractivity contribution in [2.45, 2.75) is 62.5 Å². The molecule has 2 fully saturated rings. The van der Waals surface area contributed by atoms with Crippen LogP contribution in [0.1, 0.15) is 51.4 Å². The van der Waals surface area contributed by atoms with Crippen molar-refractivity contribution in [3.05, 3.63) is 0 Å². The van der Waals surface area contributed by atoms with Gasteiger partial charge in [-0.25, -0.2) is 0 Å². The first kappa shape index (κ1) is 11.4. The number of aliphatic hydroxyl groups is 1. The summed E-state index contributed by atoms with van der Waals surface area (Å²) in [5.74, 6) is 0. The molecule has 0 spiro atoms. The molecular weight excluding hydrogens is 190 g/mol. The maximum absolute atomic E-state index is 10.7. The normalized spacial score (nSPS) is 37.2. The van der Waals surface area contributed by atoms with E-state index in [1.807, 2.05) is 0 Å². The Morgan fingerprint density at radius 2 is 1.60 bits per heavy atom. The van der Waals surface area contributed by atoms with Crippen molar-refractivity contribution in [1.29, 1.82) is 0 Å². The fourth-order valence-corrected chi connectivity index (χ4v) is 3.08. The Hall–Kier alpha value is -0.120. The summed E-state index contributed by atoms with van der Waals surface area (Å²) in [5.41, 5.74) is 5.41. The van der Waals surface area contributed by atoms with Gasteiger partial charge in [0.25, 0.3) is 0 Å². The Morgan fingerprint density at radius 3 is 2.33 bits per heavy atom. The predicted octanol–water partition coefficient (Wildman–Crippen LogP) is 1.58. The van der Waals surface area contributed by atoms with Crippen LogP contribution in [0, 0.1) is 0 Å². The van der Waals surface area contributed by atoms with Gasteiger partial charge in [0, 0.05) is 25.2 Å². The van der Waals surface area contributed by atoms with Gasteiger partial charge in [-0.15, -0.1) is 0 Å². The summed E-state index contributed by atoms with van der Waals surface area (Å²) in [5, 5.41) is 10.7. The second kappa shape index (κ2) is 4.40. The summed E-state index contributed by atoms with van der Waals surface area (Å²) in [6.07, 6.45) is 8.01. The molecule has 0 aromatic rings. The van der Waals surface area contributed by atoms with Gasteiger partial charge < -0.3 is 15.6 Å². The Labute approximate surface area is 92.0 Å². The van der Waals surface area contributed by atoms with Crippen molar-refractivity contribution in [2.24, 2.45) is 5.73 Å². The van der Waals surface area contributed by atoms with Gasteiger partial charge in [0.1, 0.15) is 0 Å². The first-order valence-electron chi connectivity index (χ1n) is 6.25. The van der Waals surface area contributed by atoms with Crippen molar-refractivity contribution < 1.29 is 9.84 Å². The first-order valence-corrected chi connectivity index (χ1v) is 6.25. The van der Waals surface area contributed by atoms with E-state index in [0.717, 1.165) is 32.3 Å². The molecule has 3 nitrogen and oxygen atoms in total. The summed E-state index contributed by atoms with van der Waals surface area (Å²) >= 11 is 0. The fourth-order valence-electron chi connectivity index (χ4n) is 3.08. The van der Waals surface area contributed by atoms with Crippen LogP contribution in [-0.2, 0) is 4.74 Å². The fraction of sp³-hybridized carbons (Fsp3) is 1.00. The number of hydrogen-bond acceptors (Lipinski definition) is 3. The molecule has 1 atom stereocenters. The highest BCUT2D eigenvalue weighted by atomic mass is 16.5. The van der Waals surface area contributed by atoms with Gasteiger partial charge in [-0.1, -0.05) is 19.3 Å². The second-order valence-corrected chi connectivity index (χ2v) is 5.21. The zero-order valence-corrected chi connectivity index (χ0v) is 9.50. The lowest BCUT2D eigenvalue weighted by Crippen LogP contribution is -2.61. The van der Waals surface area contributed by atoms with Crippen molar-refractivity contribution >= 4 is 0 Å². The van der Waals surface area contributed by atoms with Gasteiger partial charge in [0.15, 0.2) is 0 Å². The summed E-state index contributed by atoms with van der Waals surface area (Å²) in [6, 6.07) is 0. The molecule has 1 saturated heterocycles. The smallest absolute Gasteiger partial charge is 0.0849 e. The SMILES string of the molecule is NC1(C2(O)CCCOCC2)CCCCC1. The average molecular weight is 213 g/mol. The molecule has 3 N–H and O–H groups in total. The third kappa shape index (κ3) is 2.19. The monoisotopic (exact) mass is 213 g/mol. The van der Waals surface area contributed by atoms with Gasteiger partial charge in [0.05, 0.1) is 5.60 Å². The Balaban J connectivity index is 2.10. The molecule has 0 bridgehead atoms. The third-order valence-electron chi connectivity index (χ3n) is 4.21. The molecule has 0 amide bonds. The van der Waals surface area contributed by atoms with Crippen molar-refractivity contribution in [3.63, 3.8) is 0 Å². The minimum atomic E-state index is -0.677. The summed E-state index contributed by atoms with van der Waals surface area (Å²) in [6.45, 7) is 1.44. The maximum Gasteiger partial charge on any atom is 0.0849 e. The van der Waals surface area contributed by atoms with Gasteiger partial charge in [-0.05, 0) is 25.7 Å². The maximum atomic E-state index is 10.7. The predicted molar refractivity (Wildman–Crippen MR) is 59.6 cm³/mol. The molecule has 0 aromatic carbocycles. The summed E-state index contributed by atoms with van der Waals surface area (Å²) in [7, 11) is 0. The van der Waals surface area contributed by atoms with E-state index >= 15 is 0 Å². The highest BCUT2D eigenvalue weighted by molar-refractivity contribution is 5.05. The molecule has 88 valence electrons. The van der Waals surface area contributed by atoms with Crippen molar-refractivity contribution in [3.8, 4) is 0 Å². The largest absolute Gasteiger partial charge is 0.388 e. The molecular formula is C12H23NO2. The van der Waals surface area contributed by atoms with E-state index in [4.69, 9.17) is 10.5 Å². The zero-order valence-electron chi connectivity index (χ0n) is 9.50. The number of ether oxygens (including phenoxy) is 1. The van der Waals surface area contributed by atoms with E-state index in [9.17, 15) is 5.11 Å². The second-order valence-electron chi connectivity index (χ2n) is 5.21. The van der Waals surface area contributed by atoms with Crippen LogP contribution in [0.25, 0.3) is 0 Å². The molecule has 2 rings (SSSR count). The van der Waals surface area contributed by atoms with Crippen LogP contribution in [-0.4, -0.2) is 29.5 Å². The minimum absolute atomic E-state index is 0.348. The molecule has 1 heterocycles. The minimum Gasteiger partial charge on any atom is -0.388 e. The Bertz CT molecular complexity index is 204. The van der Waals surface area contributed by atoms with Gasteiger partial charge in [0.2, 0.25) is 0 Å². The molecule has 0 aromatic heterocycles. The lowest BCUT2D eigenvalue weighted by molar-refractivity contribution is -0.0652. The van der Waals surface area contributed by atoms with E-state index < -0.39 is 5.60 Å². The van der Waals surface area contributed by atoms with Crippen LogP contribution in [0.2, 0.25) is 0 Å². The lowest BCUT2D eigenvalue weighted by Gasteiger charge is -2.47. The molecule has 2 aliphatic rings. The van der Waals surface area contributed by atoms with E-state index in [2.05, 4.69) is 0 Å². The zero-order chi connectivity index (χ0) is 10.8. The number of hydrogen-bond donors (Lipinski definition) is 2. The Kier molecular flexibility index (Phi) is 3.33. The molecule has 1 aliphatic heterocycles. The average Bonchev–Trinajstić information content (AvgIpc) is 2.45. The molecule has 1 saturated carbocycles. The van der Waals surface area contributed by atoms with Crippen LogP contribution >= 0.6 is 0 Å². The van der Waals surface area contributed by atoms with Crippen LogP contribution < -0.4 is 5.73 Å². The number of rotatable bonds is 1. The van der Waals surface area contributed by atoms with Gasteiger partial charge >= 0.3 is 0 Å². The topological polar surface area (TPSA) is 55.5 Å². The molecule has 1 aliphatic carbocycles. The highest BCUT2D eigenvalue weighted by Crippen LogP contribution is 2.40. The molecule has 15 heavy (non-hydrogen) atoms. The molecule has 1 unspecified atom stereocenters. The summed E-state index contributed by atoms with van der Waals surface area (Å²) in [4.78, 5) is 0. The quantitative estimate of drug-likeness (QED) is 0.695.